The topological polar surface area (TPSA) is 306 Å². The van der Waals surface area contributed by atoms with Gasteiger partial charge in [-0.25, -0.2) is 34.3 Å². The summed E-state index contributed by atoms with van der Waals surface area (Å²) in [5, 5.41) is 12.1. The van der Waals surface area contributed by atoms with Crippen LogP contribution in [0.3, 0.4) is 0 Å². The number of hydrogen-bond donors (Lipinski definition) is 6. The molecule has 0 fully saturated rings. The number of hydrogen-bond acceptors (Lipinski definition) is 15. The van der Waals surface area contributed by atoms with E-state index in [0.717, 1.165) is 108 Å². The molecule has 9 aromatic carbocycles. The first-order chi connectivity index (χ1) is 59.1. The normalized spacial score (nSPS) is 11.2. The fourth-order valence-electron chi connectivity index (χ4n) is 15.2. The van der Waals surface area contributed by atoms with Crippen molar-refractivity contribution in [3.8, 4) is 68.3 Å². The summed E-state index contributed by atoms with van der Waals surface area (Å²) in [5.41, 5.74) is 15.9. The van der Waals surface area contributed by atoms with Crippen molar-refractivity contribution in [3.05, 3.63) is 336 Å². The molecule has 25 heteroatoms. The van der Waals surface area contributed by atoms with Crippen molar-refractivity contribution >= 4 is 101 Å². The van der Waals surface area contributed by atoms with E-state index < -0.39 is 29.0 Å². The standard InChI is InChI=1S/C33H29N5O3.C32H26FN5O3.C32H27N5O3/c1-5-21-11-13-26-24(16-21)30(39)28(20(3)38(26)4)32(40)37-23-12-14-27(19(2)15-23)41-33-29-25(22-9-7-6-8-10-22)17-34-31(29)35-18-36-33;1-4-19-10-13-26-22(14-19)29(39)27(18(2)38(26)3)31(40)37-25-12-11-21(15-24(25)33)41-32-28-23(20-8-6-5-7-9-20)16-34-30(28)35-17-36-32;1-4-20-10-15-26-24(16-20)29(38)27(19(2)37(26)3)31(39)36-22-11-13-23(14-12-22)40-32-28-25(21-8-6-5-7-9-21)17-33-30(28)34-18-35-32/h6-18H,5H2,1-4H3,(H,37,40)(H,34,35,36);5-17H,4H2,1-3H3,(H,37,40)(H,34,35,36);5-18H,4H2,1-3H3,(H,36,39)(H,33,34,35). The molecule has 0 unspecified atom stereocenters. The molecule has 0 bridgehead atoms. The van der Waals surface area contributed by atoms with Crippen LogP contribution in [0.4, 0.5) is 21.5 Å². The Kier molecular flexibility index (Phi) is 22.3. The lowest BCUT2D eigenvalue weighted by Gasteiger charge is -2.15. The minimum absolute atomic E-state index is 0.0303. The zero-order chi connectivity index (χ0) is 85.1. The average molecular weight is 1620 g/mol. The number of carbonyl (C=O) groups excluding carboxylic acids is 3. The van der Waals surface area contributed by atoms with Crippen molar-refractivity contribution in [2.24, 2.45) is 21.1 Å². The first-order valence-electron chi connectivity index (χ1n) is 39.6. The molecule has 18 aromatic rings. The molecular formula is C97H82FN15O9. The van der Waals surface area contributed by atoms with Crippen molar-refractivity contribution in [3.63, 3.8) is 0 Å². The van der Waals surface area contributed by atoms with Crippen LogP contribution in [-0.4, -0.2) is 76.3 Å². The second-order valence-electron chi connectivity index (χ2n) is 29.4. The number of pyridine rings is 3. The Labute approximate surface area is 697 Å². The second kappa shape index (κ2) is 34.0. The van der Waals surface area contributed by atoms with Gasteiger partial charge in [0.05, 0.1) is 38.4 Å². The lowest BCUT2D eigenvalue weighted by atomic mass is 10.0. The highest BCUT2D eigenvalue weighted by Crippen LogP contribution is 2.40. The van der Waals surface area contributed by atoms with E-state index in [-0.39, 0.29) is 44.9 Å². The van der Waals surface area contributed by atoms with E-state index in [1.165, 1.54) is 31.1 Å². The summed E-state index contributed by atoms with van der Waals surface area (Å²) >= 11 is 0. The van der Waals surface area contributed by atoms with Crippen LogP contribution < -0.4 is 46.4 Å². The molecule has 0 spiro atoms. The highest BCUT2D eigenvalue weighted by molar-refractivity contribution is 6.09. The predicted octanol–water partition coefficient (Wildman–Crippen LogP) is 19.6. The highest BCUT2D eigenvalue weighted by atomic mass is 19.1. The van der Waals surface area contributed by atoms with Gasteiger partial charge in [-0.05, 0) is 177 Å². The van der Waals surface area contributed by atoms with E-state index in [4.69, 9.17) is 14.2 Å². The molecular weight excluding hydrogens is 1540 g/mol. The van der Waals surface area contributed by atoms with Crippen LogP contribution in [0.2, 0.25) is 0 Å². The predicted molar refractivity (Wildman–Crippen MR) is 476 cm³/mol. The average Bonchev–Trinajstić information content (AvgIpc) is 1.38. The monoisotopic (exact) mass is 1620 g/mol. The van der Waals surface area contributed by atoms with Crippen LogP contribution in [0, 0.1) is 33.5 Å². The Hall–Kier alpha value is -15.8. The molecule has 24 nitrogen and oxygen atoms in total. The first kappa shape index (κ1) is 80.0. The summed E-state index contributed by atoms with van der Waals surface area (Å²) < 4.78 is 39.2. The molecule has 9 aromatic heterocycles. The molecule has 0 aliphatic rings. The fourth-order valence-corrected chi connectivity index (χ4v) is 15.2. The Morgan fingerprint density at radius 1 is 0.385 bits per heavy atom. The van der Waals surface area contributed by atoms with Crippen LogP contribution in [-0.2, 0) is 40.4 Å². The maximum Gasteiger partial charge on any atom is 0.261 e. The van der Waals surface area contributed by atoms with E-state index in [1.807, 2.05) is 215 Å². The molecule has 0 saturated heterocycles. The summed E-state index contributed by atoms with van der Waals surface area (Å²) in [5.74, 6) is 0.124. The van der Waals surface area contributed by atoms with Crippen molar-refractivity contribution in [2.45, 2.75) is 67.7 Å². The van der Waals surface area contributed by atoms with Gasteiger partial charge >= 0.3 is 0 Å². The molecule has 9 heterocycles. The van der Waals surface area contributed by atoms with Crippen molar-refractivity contribution in [2.75, 3.05) is 16.0 Å². The molecule has 122 heavy (non-hydrogen) atoms. The van der Waals surface area contributed by atoms with Gasteiger partial charge in [-0.3, -0.25) is 28.8 Å². The van der Waals surface area contributed by atoms with Gasteiger partial charge in [0.2, 0.25) is 33.9 Å². The number of anilines is 3. The van der Waals surface area contributed by atoms with Gasteiger partial charge in [-0.2, -0.15) is 0 Å². The van der Waals surface area contributed by atoms with Crippen LogP contribution in [0.25, 0.3) is 99.2 Å². The lowest BCUT2D eigenvalue weighted by molar-refractivity contribution is 0.101. The van der Waals surface area contributed by atoms with Gasteiger partial charge in [-0.1, -0.05) is 130 Å². The number of amides is 3. The maximum absolute atomic E-state index is 15.2. The number of ether oxygens (including phenoxy) is 3. The summed E-state index contributed by atoms with van der Waals surface area (Å²) in [6, 6.07) is 63.3. The number of nitrogens with one attached hydrogen (secondary N) is 6. The van der Waals surface area contributed by atoms with Crippen molar-refractivity contribution in [1.82, 2.24) is 58.6 Å². The number of carbonyl (C=O) groups is 3. The van der Waals surface area contributed by atoms with Crippen LogP contribution in [0.1, 0.15) is 91.2 Å². The number of rotatable bonds is 18. The minimum Gasteiger partial charge on any atom is -0.438 e. The number of H-pyrrole nitrogens is 3. The molecule has 3 amide bonds. The number of aromatic amines is 3. The van der Waals surface area contributed by atoms with Gasteiger partial charge in [-0.15, -0.1) is 0 Å². The molecule has 0 atom stereocenters. The number of aryl methyl sites for hydroxylation is 7. The summed E-state index contributed by atoms with van der Waals surface area (Å²) in [6.07, 6.45) is 12.3. The first-order valence-corrected chi connectivity index (χ1v) is 39.6. The minimum atomic E-state index is -0.720. The quantitative estimate of drug-likeness (QED) is 0.0465. The fraction of sp³-hybridized carbons (Fsp3) is 0.134. The van der Waals surface area contributed by atoms with Gasteiger partial charge in [0, 0.05) is 107 Å². The molecule has 0 aliphatic carbocycles. The Morgan fingerprint density at radius 3 is 1.11 bits per heavy atom. The number of benzene rings is 9. The zero-order valence-electron chi connectivity index (χ0n) is 68.3. The second-order valence-corrected chi connectivity index (χ2v) is 29.4. The summed E-state index contributed by atoms with van der Waals surface area (Å²) in [7, 11) is 5.53. The van der Waals surface area contributed by atoms with E-state index in [1.54, 1.807) is 74.9 Å². The van der Waals surface area contributed by atoms with Gasteiger partial charge < -0.3 is 58.8 Å². The van der Waals surface area contributed by atoms with Gasteiger partial charge in [0.25, 0.3) is 17.7 Å². The molecule has 606 valence electrons. The third-order valence-electron chi connectivity index (χ3n) is 22.1. The van der Waals surface area contributed by atoms with Crippen molar-refractivity contribution in [1.29, 1.82) is 0 Å². The van der Waals surface area contributed by atoms with Gasteiger partial charge in [0.1, 0.15) is 75.7 Å². The smallest absolute Gasteiger partial charge is 0.261 e. The lowest BCUT2D eigenvalue weighted by Crippen LogP contribution is -2.26. The van der Waals surface area contributed by atoms with E-state index in [2.05, 4.69) is 60.8 Å². The Morgan fingerprint density at radius 2 is 0.738 bits per heavy atom. The molecule has 18 rings (SSSR count). The molecule has 6 N–H and O–H groups in total. The third kappa shape index (κ3) is 15.7. The zero-order valence-corrected chi connectivity index (χ0v) is 68.3. The van der Waals surface area contributed by atoms with Crippen molar-refractivity contribution < 1.29 is 33.0 Å². The Bertz CT molecular complexity index is 7340. The Balaban J connectivity index is 0.000000136. The molecule has 0 aliphatic heterocycles. The number of nitrogens with zero attached hydrogens (tertiary/aromatic N) is 9. The van der Waals surface area contributed by atoms with Crippen LogP contribution >= 0.6 is 0 Å². The third-order valence-corrected chi connectivity index (χ3v) is 22.1. The van der Waals surface area contributed by atoms with E-state index in [9.17, 15) is 28.8 Å². The largest absolute Gasteiger partial charge is 0.438 e. The maximum atomic E-state index is 15.2. The summed E-state index contributed by atoms with van der Waals surface area (Å²) in [6.45, 7) is 13.2. The summed E-state index contributed by atoms with van der Waals surface area (Å²) in [4.78, 5) is 116. The van der Waals surface area contributed by atoms with Gasteiger partial charge in [0.15, 0.2) is 0 Å². The SMILES string of the molecule is CCc1ccc2c(c1)c(=O)c(C(=O)Nc1ccc(Oc3ncnc4[nH]cc(-c5ccccc5)c34)c(C)c1)c(C)n2C.CCc1ccc2c(c1)c(=O)c(C(=O)Nc1ccc(Oc3ncnc4[nH]cc(-c5ccccc5)c34)cc1)c(C)n2C.CCc1ccc2c(c1)c(=O)c(C(=O)Nc1ccc(Oc3ncnc4[nH]cc(-c5ccccc5)c34)cc1F)c(C)n2C. The number of fused-ring (bicyclic) bond motifs is 6. The van der Waals surface area contributed by atoms with Crippen LogP contribution in [0.5, 0.6) is 34.9 Å². The number of aromatic nitrogens is 12. The van der Waals surface area contributed by atoms with E-state index >= 15 is 4.39 Å². The van der Waals surface area contributed by atoms with E-state index in [0.29, 0.717) is 90.2 Å². The highest BCUT2D eigenvalue weighted by Gasteiger charge is 2.26. The molecule has 0 radical (unpaired) electrons. The van der Waals surface area contributed by atoms with Crippen LogP contribution in [0.15, 0.2) is 258 Å². The molecule has 0 saturated carbocycles. The number of halogens is 1.